The molecule has 0 aliphatic rings. The highest BCUT2D eigenvalue weighted by molar-refractivity contribution is 5.70. The predicted molar refractivity (Wildman–Crippen MR) is 92.5 cm³/mol. The zero-order valence-corrected chi connectivity index (χ0v) is 16.1. The third kappa shape index (κ3) is 11.0. The van der Waals surface area contributed by atoms with Crippen LogP contribution in [0.3, 0.4) is 0 Å². The highest BCUT2D eigenvalue weighted by Gasteiger charge is 2.27. The van der Waals surface area contributed by atoms with Crippen LogP contribution in [0.5, 0.6) is 0 Å². The first-order valence-electron chi connectivity index (χ1n) is 8.79. The van der Waals surface area contributed by atoms with Crippen molar-refractivity contribution in [2.75, 3.05) is 13.9 Å². The van der Waals surface area contributed by atoms with Gasteiger partial charge in [-0.05, 0) is 46.5 Å². The molecule has 0 aromatic heterocycles. The number of aliphatic hydroxyl groups excluding tert-OH is 2. The minimum Gasteiger partial charge on any atom is -0.460 e. The molecule has 0 spiro atoms. The van der Waals surface area contributed by atoms with Crippen molar-refractivity contribution in [1.29, 1.82) is 0 Å². The lowest BCUT2D eigenvalue weighted by Gasteiger charge is -2.26. The number of hydrogen-bond acceptors (Lipinski definition) is 6. The summed E-state index contributed by atoms with van der Waals surface area (Å²) >= 11 is 0. The fraction of sp³-hybridized carbons (Fsp3) is 0.944. The number of carbonyl (C=O) groups is 1. The maximum atomic E-state index is 11.7. The van der Waals surface area contributed by atoms with Gasteiger partial charge in [0.15, 0.2) is 0 Å². The number of carbonyl (C=O) groups excluding carboxylic acids is 1. The maximum Gasteiger partial charge on any atom is 0.308 e. The summed E-state index contributed by atoms with van der Waals surface area (Å²) in [5.41, 5.74) is -0.573. The summed E-state index contributed by atoms with van der Waals surface area (Å²) in [5.74, 6) is -0.842. The van der Waals surface area contributed by atoms with E-state index in [1.165, 1.54) is 0 Å². The number of aliphatic hydroxyl groups is 2. The van der Waals surface area contributed by atoms with Crippen LogP contribution in [0.4, 0.5) is 0 Å². The molecule has 0 amide bonds. The number of rotatable bonds is 12. The molecule has 0 saturated heterocycles. The number of methoxy groups -OCH3 is 1. The Bertz CT molecular complexity index is 339. The Hall–Kier alpha value is -0.690. The van der Waals surface area contributed by atoms with Gasteiger partial charge in [0.25, 0.3) is 0 Å². The van der Waals surface area contributed by atoms with Crippen molar-refractivity contribution >= 4 is 5.97 Å². The van der Waals surface area contributed by atoms with E-state index in [-0.39, 0.29) is 19.3 Å². The van der Waals surface area contributed by atoms with E-state index in [0.29, 0.717) is 6.42 Å². The van der Waals surface area contributed by atoms with Gasteiger partial charge in [0.05, 0.1) is 24.7 Å². The highest BCUT2D eigenvalue weighted by atomic mass is 16.7. The molecule has 144 valence electrons. The van der Waals surface area contributed by atoms with Crippen LogP contribution in [0.15, 0.2) is 0 Å². The van der Waals surface area contributed by atoms with E-state index in [0.717, 1.165) is 19.3 Å². The van der Waals surface area contributed by atoms with Crippen LogP contribution in [0.25, 0.3) is 0 Å². The van der Waals surface area contributed by atoms with E-state index in [2.05, 4.69) is 0 Å². The average molecular weight is 348 g/mol. The van der Waals surface area contributed by atoms with E-state index in [4.69, 9.17) is 14.2 Å². The molecule has 2 N–H and O–H groups in total. The van der Waals surface area contributed by atoms with E-state index in [1.54, 1.807) is 34.8 Å². The van der Waals surface area contributed by atoms with Gasteiger partial charge < -0.3 is 24.4 Å². The molecule has 0 aliphatic heterocycles. The molecule has 6 nitrogen and oxygen atoms in total. The standard InChI is InChI=1S/C18H36O6/c1-7-14(23-12-22-6)9-8-10-15(19)13(2)16(20)11-17(21)24-18(3,4)5/h13-16,19-20H,7-12H2,1-6H3/t13-,14+,15+,16-/m1/s1. The van der Waals surface area contributed by atoms with Gasteiger partial charge in [0.2, 0.25) is 0 Å². The lowest BCUT2D eigenvalue weighted by molar-refractivity contribution is -0.158. The second-order valence-corrected chi connectivity index (χ2v) is 7.32. The summed E-state index contributed by atoms with van der Waals surface area (Å²) in [6.45, 7) is 9.41. The van der Waals surface area contributed by atoms with E-state index >= 15 is 0 Å². The zero-order valence-electron chi connectivity index (χ0n) is 16.1. The first-order valence-corrected chi connectivity index (χ1v) is 8.79. The molecule has 0 heterocycles. The minimum atomic E-state index is -0.915. The SMILES string of the molecule is CC[C@@H](CCC[C@H](O)[C@@H](C)[C@H](O)CC(=O)OC(C)(C)C)OCOC. The third-order valence-electron chi connectivity index (χ3n) is 3.91. The van der Waals surface area contributed by atoms with Crippen molar-refractivity contribution in [2.45, 2.75) is 90.6 Å². The maximum absolute atomic E-state index is 11.7. The molecule has 0 aliphatic carbocycles. The van der Waals surface area contributed by atoms with Crippen molar-refractivity contribution in [3.63, 3.8) is 0 Å². The van der Waals surface area contributed by atoms with Crippen molar-refractivity contribution < 1.29 is 29.2 Å². The first-order chi connectivity index (χ1) is 11.1. The Morgan fingerprint density at radius 2 is 1.75 bits per heavy atom. The van der Waals surface area contributed by atoms with Crippen molar-refractivity contribution in [2.24, 2.45) is 5.92 Å². The van der Waals surface area contributed by atoms with E-state index in [9.17, 15) is 15.0 Å². The van der Waals surface area contributed by atoms with Crippen LogP contribution in [0, 0.1) is 5.92 Å². The van der Waals surface area contributed by atoms with Gasteiger partial charge >= 0.3 is 5.97 Å². The van der Waals surface area contributed by atoms with Crippen LogP contribution < -0.4 is 0 Å². The monoisotopic (exact) mass is 348 g/mol. The van der Waals surface area contributed by atoms with Gasteiger partial charge in [-0.2, -0.15) is 0 Å². The van der Waals surface area contributed by atoms with E-state index in [1.807, 2.05) is 6.92 Å². The Morgan fingerprint density at radius 3 is 2.25 bits per heavy atom. The Labute approximate surface area is 146 Å². The van der Waals surface area contributed by atoms with E-state index < -0.39 is 29.7 Å². The molecule has 0 aromatic carbocycles. The van der Waals surface area contributed by atoms with Crippen LogP contribution in [0.2, 0.25) is 0 Å². The second-order valence-electron chi connectivity index (χ2n) is 7.32. The summed E-state index contributed by atoms with van der Waals surface area (Å²) < 4.78 is 15.6. The molecule has 0 radical (unpaired) electrons. The summed E-state index contributed by atoms with van der Waals surface area (Å²) in [6.07, 6.45) is 1.47. The first kappa shape index (κ1) is 23.3. The molecule has 24 heavy (non-hydrogen) atoms. The molecule has 0 aromatic rings. The lowest BCUT2D eigenvalue weighted by Crippen LogP contribution is -2.33. The largest absolute Gasteiger partial charge is 0.460 e. The molecule has 0 rings (SSSR count). The highest BCUT2D eigenvalue weighted by Crippen LogP contribution is 2.20. The summed E-state index contributed by atoms with van der Waals surface area (Å²) in [7, 11) is 1.59. The number of hydrogen-bond donors (Lipinski definition) is 2. The fourth-order valence-electron chi connectivity index (χ4n) is 2.38. The zero-order chi connectivity index (χ0) is 18.8. The topological polar surface area (TPSA) is 85.2 Å². The van der Waals surface area contributed by atoms with Crippen molar-refractivity contribution in [3.05, 3.63) is 0 Å². The van der Waals surface area contributed by atoms with Gasteiger partial charge in [0, 0.05) is 13.0 Å². The van der Waals surface area contributed by atoms with Crippen molar-refractivity contribution in [1.82, 2.24) is 0 Å². The van der Waals surface area contributed by atoms with Gasteiger partial charge in [-0.25, -0.2) is 0 Å². The van der Waals surface area contributed by atoms with Crippen LogP contribution in [0.1, 0.15) is 66.7 Å². The normalized spacial score (nSPS) is 17.2. The quantitative estimate of drug-likeness (QED) is 0.417. The second kappa shape index (κ2) is 11.8. The van der Waals surface area contributed by atoms with Gasteiger partial charge in [-0.15, -0.1) is 0 Å². The van der Waals surface area contributed by atoms with Gasteiger partial charge in [-0.3, -0.25) is 4.79 Å². The molecule has 0 unspecified atom stereocenters. The fourth-order valence-corrected chi connectivity index (χ4v) is 2.38. The van der Waals surface area contributed by atoms with Crippen molar-refractivity contribution in [3.8, 4) is 0 Å². The van der Waals surface area contributed by atoms with Crippen LogP contribution in [-0.2, 0) is 19.0 Å². The lowest BCUT2D eigenvalue weighted by atomic mass is 9.92. The van der Waals surface area contributed by atoms with Gasteiger partial charge in [0.1, 0.15) is 12.4 Å². The summed E-state index contributed by atoms with van der Waals surface area (Å²) in [6, 6.07) is 0. The molecular weight excluding hydrogens is 312 g/mol. The average Bonchev–Trinajstić information content (AvgIpc) is 2.47. The van der Waals surface area contributed by atoms with Crippen LogP contribution in [-0.4, -0.2) is 54.0 Å². The Kier molecular flexibility index (Phi) is 11.5. The molecule has 0 saturated carbocycles. The third-order valence-corrected chi connectivity index (χ3v) is 3.91. The number of esters is 1. The summed E-state index contributed by atoms with van der Waals surface area (Å²) in [4.78, 5) is 11.7. The Balaban J connectivity index is 4.16. The molecule has 6 heteroatoms. The summed E-state index contributed by atoms with van der Waals surface area (Å²) in [5, 5.41) is 20.3. The molecular formula is C18H36O6. The van der Waals surface area contributed by atoms with Gasteiger partial charge in [-0.1, -0.05) is 13.8 Å². The minimum absolute atomic E-state index is 0.107. The van der Waals surface area contributed by atoms with Crippen LogP contribution >= 0.6 is 0 Å². The molecule has 4 atom stereocenters. The smallest absolute Gasteiger partial charge is 0.308 e. The number of ether oxygens (including phenoxy) is 3. The molecule has 0 bridgehead atoms. The predicted octanol–water partition coefficient (Wildman–Crippen LogP) is 2.65. The molecule has 0 fully saturated rings. The Morgan fingerprint density at radius 1 is 1.12 bits per heavy atom.